The van der Waals surface area contributed by atoms with Crippen molar-refractivity contribution >= 4 is 39.6 Å². The number of amides is 1. The molecule has 1 N–H and O–H groups in total. The molecular formula is C23H17BrN2O3. The van der Waals surface area contributed by atoms with E-state index < -0.39 is 23.4 Å². The maximum Gasteiger partial charge on any atom is 0.308 e. The van der Waals surface area contributed by atoms with Crippen LogP contribution in [-0.2, 0) is 9.59 Å². The predicted octanol–water partition coefficient (Wildman–Crippen LogP) is 4.14. The van der Waals surface area contributed by atoms with Crippen molar-refractivity contribution in [3.8, 4) is 0 Å². The zero-order chi connectivity index (χ0) is 20.6. The molecule has 0 aliphatic rings. The fourth-order valence-electron chi connectivity index (χ4n) is 2.74. The van der Waals surface area contributed by atoms with Crippen molar-refractivity contribution in [1.82, 2.24) is 5.43 Å². The molecule has 1 amide bonds. The Labute approximate surface area is 176 Å². The quantitative estimate of drug-likeness (QED) is 0.194. The third-order valence-electron chi connectivity index (χ3n) is 4.19. The van der Waals surface area contributed by atoms with Crippen LogP contribution >= 0.6 is 15.9 Å². The van der Waals surface area contributed by atoms with Crippen molar-refractivity contribution in [2.24, 2.45) is 5.10 Å². The number of carbonyl (C=O) groups is 3. The summed E-state index contributed by atoms with van der Waals surface area (Å²) in [4.78, 5) is 38.2. The summed E-state index contributed by atoms with van der Waals surface area (Å²) in [6.45, 7) is 0. The molecule has 6 heteroatoms. The van der Waals surface area contributed by atoms with Crippen molar-refractivity contribution in [1.29, 1.82) is 0 Å². The molecule has 0 saturated carbocycles. The van der Waals surface area contributed by atoms with Crippen LogP contribution in [0.15, 0.2) is 94.5 Å². The summed E-state index contributed by atoms with van der Waals surface area (Å²) in [7, 11) is 0. The van der Waals surface area contributed by atoms with Crippen LogP contribution in [0.5, 0.6) is 0 Å². The van der Waals surface area contributed by atoms with E-state index in [0.717, 1.165) is 10.0 Å². The number of rotatable bonds is 7. The average Bonchev–Trinajstić information content (AvgIpc) is 2.76. The summed E-state index contributed by atoms with van der Waals surface area (Å²) >= 11 is 3.34. The summed E-state index contributed by atoms with van der Waals surface area (Å²) in [6, 6.07) is 24.2. The largest absolute Gasteiger partial charge is 0.308 e. The van der Waals surface area contributed by atoms with E-state index in [2.05, 4.69) is 26.5 Å². The predicted molar refractivity (Wildman–Crippen MR) is 115 cm³/mol. The molecule has 5 nitrogen and oxygen atoms in total. The third-order valence-corrected chi connectivity index (χ3v) is 4.72. The molecule has 144 valence electrons. The number of Topliss-reactive ketones (excluding diaryl/α,β-unsaturated/α-hetero) is 2. The molecule has 0 fully saturated rings. The standard InChI is InChI=1S/C23H17BrN2O3/c24-19-13-11-16(12-14-19)15-25-26-23(29)22(28)20(17-7-3-1-4-8-17)21(27)18-9-5-2-6-10-18/h1-15,20H,(H,26,29)/b25-15+. The normalized spacial score (nSPS) is 11.8. The molecule has 3 aromatic rings. The Balaban J connectivity index is 1.79. The molecule has 3 aromatic carbocycles. The van der Waals surface area contributed by atoms with E-state index in [9.17, 15) is 14.4 Å². The Bertz CT molecular complexity index is 1030. The minimum Gasteiger partial charge on any atom is -0.293 e. The molecule has 1 unspecified atom stereocenters. The number of benzene rings is 3. The van der Waals surface area contributed by atoms with Gasteiger partial charge in [-0.25, -0.2) is 5.43 Å². The van der Waals surface area contributed by atoms with Gasteiger partial charge >= 0.3 is 5.91 Å². The molecule has 0 saturated heterocycles. The molecule has 3 rings (SSSR count). The van der Waals surface area contributed by atoms with Gasteiger partial charge in [-0.05, 0) is 23.3 Å². The van der Waals surface area contributed by atoms with Crippen LogP contribution in [0.3, 0.4) is 0 Å². The Morgan fingerprint density at radius 3 is 2.03 bits per heavy atom. The van der Waals surface area contributed by atoms with Gasteiger partial charge in [-0.1, -0.05) is 88.7 Å². The molecule has 0 aliphatic heterocycles. The van der Waals surface area contributed by atoms with E-state index in [1.165, 1.54) is 6.21 Å². The van der Waals surface area contributed by atoms with Crippen LogP contribution in [0.25, 0.3) is 0 Å². The van der Waals surface area contributed by atoms with Gasteiger partial charge in [-0.15, -0.1) is 0 Å². The number of nitrogens with one attached hydrogen (secondary N) is 1. The van der Waals surface area contributed by atoms with Crippen LogP contribution in [0.4, 0.5) is 0 Å². The van der Waals surface area contributed by atoms with Crippen LogP contribution in [0, 0.1) is 0 Å². The van der Waals surface area contributed by atoms with Crippen LogP contribution in [0.1, 0.15) is 27.4 Å². The number of hydrogen-bond donors (Lipinski definition) is 1. The molecule has 0 aromatic heterocycles. The second kappa shape index (κ2) is 9.71. The van der Waals surface area contributed by atoms with Gasteiger partial charge in [0.2, 0.25) is 5.78 Å². The lowest BCUT2D eigenvalue weighted by atomic mass is 9.87. The topological polar surface area (TPSA) is 75.6 Å². The highest BCUT2D eigenvalue weighted by Crippen LogP contribution is 2.22. The van der Waals surface area contributed by atoms with Gasteiger partial charge in [-0.2, -0.15) is 5.10 Å². The molecule has 0 heterocycles. The highest BCUT2D eigenvalue weighted by atomic mass is 79.9. The minimum atomic E-state index is -1.23. The van der Waals surface area contributed by atoms with Gasteiger partial charge < -0.3 is 0 Å². The van der Waals surface area contributed by atoms with E-state index in [1.54, 1.807) is 72.8 Å². The fraction of sp³-hybridized carbons (Fsp3) is 0.0435. The van der Waals surface area contributed by atoms with Crippen molar-refractivity contribution < 1.29 is 14.4 Å². The highest BCUT2D eigenvalue weighted by molar-refractivity contribution is 9.10. The number of hydrazone groups is 1. The number of hydrogen-bond acceptors (Lipinski definition) is 4. The van der Waals surface area contributed by atoms with Crippen molar-refractivity contribution in [3.63, 3.8) is 0 Å². The number of nitrogens with zero attached hydrogens (tertiary/aromatic N) is 1. The Hall–Kier alpha value is -3.38. The van der Waals surface area contributed by atoms with E-state index in [0.29, 0.717) is 11.1 Å². The van der Waals surface area contributed by atoms with Crippen molar-refractivity contribution in [3.05, 3.63) is 106 Å². The van der Waals surface area contributed by atoms with Crippen molar-refractivity contribution in [2.45, 2.75) is 5.92 Å². The SMILES string of the molecule is O=C(N/N=C/c1ccc(Br)cc1)C(=O)C(C(=O)c1ccccc1)c1ccccc1. The first-order valence-electron chi connectivity index (χ1n) is 8.83. The molecule has 29 heavy (non-hydrogen) atoms. The molecule has 0 bridgehead atoms. The summed E-state index contributed by atoms with van der Waals surface area (Å²) < 4.78 is 0.916. The smallest absolute Gasteiger partial charge is 0.293 e. The van der Waals surface area contributed by atoms with Crippen LogP contribution < -0.4 is 5.43 Å². The summed E-state index contributed by atoms with van der Waals surface area (Å²) in [5.74, 6) is -3.48. The van der Waals surface area contributed by atoms with E-state index >= 15 is 0 Å². The number of carbonyl (C=O) groups excluding carboxylic acids is 3. The van der Waals surface area contributed by atoms with E-state index in [4.69, 9.17) is 0 Å². The lowest BCUT2D eigenvalue weighted by molar-refractivity contribution is -0.138. The molecule has 0 radical (unpaired) electrons. The fourth-order valence-corrected chi connectivity index (χ4v) is 3.00. The third kappa shape index (κ3) is 5.33. The Morgan fingerprint density at radius 2 is 1.41 bits per heavy atom. The summed E-state index contributed by atoms with van der Waals surface area (Å²) in [6.07, 6.45) is 1.42. The van der Waals surface area contributed by atoms with Crippen molar-refractivity contribution in [2.75, 3.05) is 0 Å². The molecular weight excluding hydrogens is 432 g/mol. The second-order valence-corrected chi connectivity index (χ2v) is 7.10. The zero-order valence-electron chi connectivity index (χ0n) is 15.3. The lowest BCUT2D eigenvalue weighted by Crippen LogP contribution is -2.35. The van der Waals surface area contributed by atoms with Gasteiger partial charge in [0, 0.05) is 10.0 Å². The minimum absolute atomic E-state index is 0.362. The van der Waals surface area contributed by atoms with Gasteiger partial charge in [-0.3, -0.25) is 14.4 Å². The first-order chi connectivity index (χ1) is 14.1. The zero-order valence-corrected chi connectivity index (χ0v) is 16.9. The first-order valence-corrected chi connectivity index (χ1v) is 9.62. The maximum atomic E-state index is 13.0. The van der Waals surface area contributed by atoms with Gasteiger partial charge in [0.15, 0.2) is 5.78 Å². The van der Waals surface area contributed by atoms with Crippen LogP contribution in [-0.4, -0.2) is 23.7 Å². The first kappa shape index (κ1) is 20.4. The van der Waals surface area contributed by atoms with E-state index in [1.807, 2.05) is 12.1 Å². The molecule has 0 aliphatic carbocycles. The maximum absolute atomic E-state index is 13.0. The van der Waals surface area contributed by atoms with Gasteiger partial charge in [0.1, 0.15) is 5.92 Å². The summed E-state index contributed by atoms with van der Waals surface area (Å²) in [5.41, 5.74) is 3.79. The number of halogens is 1. The Kier molecular flexibility index (Phi) is 6.81. The molecule has 1 atom stereocenters. The monoisotopic (exact) mass is 448 g/mol. The van der Waals surface area contributed by atoms with E-state index in [-0.39, 0.29) is 0 Å². The van der Waals surface area contributed by atoms with Crippen LogP contribution in [0.2, 0.25) is 0 Å². The molecule has 0 spiro atoms. The van der Waals surface area contributed by atoms with Gasteiger partial charge in [0.05, 0.1) is 6.21 Å². The summed E-state index contributed by atoms with van der Waals surface area (Å²) in [5, 5.41) is 3.83. The second-order valence-electron chi connectivity index (χ2n) is 6.19. The van der Waals surface area contributed by atoms with Gasteiger partial charge in [0.25, 0.3) is 0 Å². The average molecular weight is 449 g/mol. The number of ketones is 2. The highest BCUT2D eigenvalue weighted by Gasteiger charge is 2.33. The lowest BCUT2D eigenvalue weighted by Gasteiger charge is -2.14. The Morgan fingerprint density at radius 1 is 0.828 bits per heavy atom.